The number of hydrogen-bond donors (Lipinski definition) is 1. The second kappa shape index (κ2) is 7.74. The van der Waals surface area contributed by atoms with Crippen LogP contribution in [0.1, 0.15) is 19.8 Å². The average molecular weight is 301 g/mol. The minimum atomic E-state index is -3.75. The Hall–Kier alpha value is -1.76. The zero-order valence-corrected chi connectivity index (χ0v) is 12.4. The average Bonchev–Trinajstić information content (AvgIpc) is 2.40. The van der Waals surface area contributed by atoms with Crippen molar-refractivity contribution in [2.75, 3.05) is 24.2 Å². The summed E-state index contributed by atoms with van der Waals surface area (Å²) >= 11 is 0. The first-order chi connectivity index (χ1) is 9.46. The summed E-state index contributed by atoms with van der Waals surface area (Å²) < 4.78 is 35.3. The Labute approximate surface area is 119 Å². The Morgan fingerprint density at radius 1 is 1.25 bits per heavy atom. The molecule has 0 fully saturated rings. The maximum absolute atomic E-state index is 11.6. The Bertz CT molecular complexity index is 524. The molecule has 112 valence electrons. The number of sulfonamides is 1. The fourth-order valence-electron chi connectivity index (χ4n) is 1.38. The van der Waals surface area contributed by atoms with Crippen molar-refractivity contribution >= 4 is 21.7 Å². The molecule has 0 spiro atoms. The van der Waals surface area contributed by atoms with Gasteiger partial charge in [-0.2, -0.15) is 0 Å². The van der Waals surface area contributed by atoms with Crippen LogP contribution in [0.25, 0.3) is 0 Å². The molecule has 0 saturated carbocycles. The lowest BCUT2D eigenvalue weighted by atomic mass is 10.3. The number of methoxy groups -OCH3 is 1. The molecule has 1 aromatic carbocycles. The lowest BCUT2D eigenvalue weighted by Crippen LogP contribution is -2.23. The van der Waals surface area contributed by atoms with Gasteiger partial charge in [0.2, 0.25) is 10.0 Å². The van der Waals surface area contributed by atoms with Crippen molar-refractivity contribution in [3.05, 3.63) is 24.3 Å². The van der Waals surface area contributed by atoms with E-state index in [1.807, 2.05) is 0 Å². The fraction of sp³-hybridized carbons (Fsp3) is 0.462. The summed E-state index contributed by atoms with van der Waals surface area (Å²) in [4.78, 5) is 11.0. The zero-order chi connectivity index (χ0) is 15.0. The predicted octanol–water partition coefficient (Wildman–Crippen LogP) is 1.78. The van der Waals surface area contributed by atoms with Crippen molar-refractivity contribution in [2.24, 2.45) is 0 Å². The third kappa shape index (κ3) is 5.92. The fourth-order valence-corrected chi connectivity index (χ4v) is 2.38. The summed E-state index contributed by atoms with van der Waals surface area (Å²) in [7, 11) is -2.61. The van der Waals surface area contributed by atoms with Gasteiger partial charge in [0.25, 0.3) is 0 Å². The summed E-state index contributed by atoms with van der Waals surface area (Å²) in [6.07, 6.45) is 2.01. The number of nitrogens with one attached hydrogen (secondary N) is 1. The van der Waals surface area contributed by atoms with Crippen molar-refractivity contribution in [2.45, 2.75) is 19.8 Å². The number of carbonyl (C=O) groups excluding carboxylic acids is 1. The van der Waals surface area contributed by atoms with Crippen molar-refractivity contribution in [3.8, 4) is 5.75 Å². The van der Waals surface area contributed by atoms with Crippen molar-refractivity contribution in [1.82, 2.24) is 0 Å². The van der Waals surface area contributed by atoms with Crippen LogP contribution in [0, 0.1) is 0 Å². The third-order valence-electron chi connectivity index (χ3n) is 2.43. The summed E-state index contributed by atoms with van der Waals surface area (Å²) in [5.74, 6) is -0.843. The molecule has 0 bridgehead atoms. The highest BCUT2D eigenvalue weighted by molar-refractivity contribution is 7.93. The Kier molecular flexibility index (Phi) is 6.30. The van der Waals surface area contributed by atoms with Crippen LogP contribution < -0.4 is 9.46 Å². The van der Waals surface area contributed by atoms with E-state index in [0.717, 1.165) is 20.0 Å². The minimum Gasteiger partial charge on any atom is -0.494 e. The molecule has 0 amide bonds. The molecule has 1 aromatic rings. The summed E-state index contributed by atoms with van der Waals surface area (Å²) in [5.41, 5.74) is 0.372. The molecule has 0 heterocycles. The van der Waals surface area contributed by atoms with Gasteiger partial charge in [-0.15, -0.1) is 0 Å². The standard InChI is InChI=1S/C13H19NO5S/c1-3-4-9-19-12-7-5-11(6-8-12)14-20(16,17)10-13(15)18-2/h5-8,14H,3-4,9-10H2,1-2H3. The van der Waals surface area contributed by atoms with Crippen molar-refractivity contribution < 1.29 is 22.7 Å². The molecule has 0 saturated heterocycles. The molecular weight excluding hydrogens is 282 g/mol. The number of hydrogen-bond acceptors (Lipinski definition) is 5. The molecular formula is C13H19NO5S. The van der Waals surface area contributed by atoms with Gasteiger partial charge in [-0.25, -0.2) is 8.42 Å². The predicted molar refractivity (Wildman–Crippen MR) is 76.3 cm³/mol. The maximum Gasteiger partial charge on any atom is 0.322 e. The first-order valence-electron chi connectivity index (χ1n) is 6.27. The summed E-state index contributed by atoms with van der Waals surface area (Å²) in [6.45, 7) is 2.70. The van der Waals surface area contributed by atoms with E-state index in [2.05, 4.69) is 16.4 Å². The largest absolute Gasteiger partial charge is 0.494 e. The molecule has 0 aliphatic rings. The number of unbranched alkanes of at least 4 members (excludes halogenated alkanes) is 1. The lowest BCUT2D eigenvalue weighted by molar-refractivity contribution is -0.137. The van der Waals surface area contributed by atoms with Gasteiger partial charge < -0.3 is 9.47 Å². The van der Waals surface area contributed by atoms with Gasteiger partial charge >= 0.3 is 5.97 Å². The van der Waals surface area contributed by atoms with Crippen LogP contribution in [0.4, 0.5) is 5.69 Å². The highest BCUT2D eigenvalue weighted by atomic mass is 32.2. The van der Waals surface area contributed by atoms with Crippen LogP contribution in [-0.4, -0.2) is 33.9 Å². The number of ether oxygens (including phenoxy) is 2. The lowest BCUT2D eigenvalue weighted by Gasteiger charge is -2.09. The highest BCUT2D eigenvalue weighted by Crippen LogP contribution is 2.17. The van der Waals surface area contributed by atoms with Crippen LogP contribution >= 0.6 is 0 Å². The molecule has 20 heavy (non-hydrogen) atoms. The van der Waals surface area contributed by atoms with Crippen molar-refractivity contribution in [1.29, 1.82) is 0 Å². The van der Waals surface area contributed by atoms with Gasteiger partial charge in [-0.1, -0.05) is 13.3 Å². The topological polar surface area (TPSA) is 81.7 Å². The normalized spacial score (nSPS) is 10.9. The van der Waals surface area contributed by atoms with Gasteiger partial charge in [0.1, 0.15) is 5.75 Å². The Balaban J connectivity index is 2.58. The minimum absolute atomic E-state index is 0.372. The number of esters is 1. The van der Waals surface area contributed by atoms with Gasteiger partial charge in [-0.3, -0.25) is 9.52 Å². The molecule has 0 unspecified atom stereocenters. The van der Waals surface area contributed by atoms with Gasteiger partial charge in [-0.05, 0) is 30.7 Å². The summed E-state index contributed by atoms with van der Waals surface area (Å²) in [5, 5.41) is 0. The molecule has 0 aliphatic carbocycles. The second-order valence-electron chi connectivity index (χ2n) is 4.16. The summed E-state index contributed by atoms with van der Waals surface area (Å²) in [6, 6.07) is 6.50. The van der Waals surface area contributed by atoms with Crippen LogP contribution in [0.15, 0.2) is 24.3 Å². The molecule has 0 radical (unpaired) electrons. The smallest absolute Gasteiger partial charge is 0.322 e. The van der Waals surface area contributed by atoms with Gasteiger partial charge in [0.15, 0.2) is 5.75 Å². The molecule has 1 rings (SSSR count). The van der Waals surface area contributed by atoms with E-state index in [-0.39, 0.29) is 0 Å². The molecule has 0 aromatic heterocycles. The van der Waals surface area contributed by atoms with Crippen molar-refractivity contribution in [3.63, 3.8) is 0 Å². The van der Waals surface area contributed by atoms with E-state index in [9.17, 15) is 13.2 Å². The second-order valence-corrected chi connectivity index (χ2v) is 5.89. The monoisotopic (exact) mass is 301 g/mol. The van der Waals surface area contributed by atoms with E-state index in [1.165, 1.54) is 0 Å². The van der Waals surface area contributed by atoms with E-state index < -0.39 is 21.7 Å². The van der Waals surface area contributed by atoms with Gasteiger partial charge in [0, 0.05) is 5.69 Å². The Morgan fingerprint density at radius 3 is 2.45 bits per heavy atom. The number of anilines is 1. The van der Waals surface area contributed by atoms with E-state index in [1.54, 1.807) is 24.3 Å². The third-order valence-corrected chi connectivity index (χ3v) is 3.59. The SMILES string of the molecule is CCCCOc1ccc(NS(=O)(=O)CC(=O)OC)cc1. The van der Waals surface area contributed by atoms with Crippen LogP contribution in [-0.2, 0) is 19.6 Å². The molecule has 7 heteroatoms. The van der Waals surface area contributed by atoms with Crippen LogP contribution in [0.5, 0.6) is 5.75 Å². The highest BCUT2D eigenvalue weighted by Gasteiger charge is 2.16. The first-order valence-corrected chi connectivity index (χ1v) is 7.92. The number of rotatable bonds is 8. The molecule has 0 aliphatic heterocycles. The van der Waals surface area contributed by atoms with Gasteiger partial charge in [0.05, 0.1) is 13.7 Å². The number of carbonyl (C=O) groups is 1. The number of benzene rings is 1. The maximum atomic E-state index is 11.6. The quantitative estimate of drug-likeness (QED) is 0.584. The Morgan fingerprint density at radius 2 is 1.90 bits per heavy atom. The van der Waals surface area contributed by atoms with Crippen LogP contribution in [0.2, 0.25) is 0 Å². The van der Waals surface area contributed by atoms with Crippen LogP contribution in [0.3, 0.4) is 0 Å². The molecule has 6 nitrogen and oxygen atoms in total. The van der Waals surface area contributed by atoms with E-state index in [4.69, 9.17) is 4.74 Å². The zero-order valence-electron chi connectivity index (χ0n) is 11.6. The van der Waals surface area contributed by atoms with E-state index >= 15 is 0 Å². The molecule has 1 N–H and O–H groups in total. The first kappa shape index (κ1) is 16.3. The van der Waals surface area contributed by atoms with E-state index in [0.29, 0.717) is 18.0 Å². The molecule has 0 atom stereocenters.